The second-order valence-corrected chi connectivity index (χ2v) is 34.6. The van der Waals surface area contributed by atoms with Gasteiger partial charge in [-0.05, 0) is 110 Å². The molecular weight excluding hydrogens is 1890 g/mol. The number of benzene rings is 3. The van der Waals surface area contributed by atoms with Gasteiger partial charge in [-0.15, -0.1) is 0 Å². The molecule has 0 radical (unpaired) electrons. The lowest BCUT2D eigenvalue weighted by Crippen LogP contribution is -2.49. The maximum Gasteiger partial charge on any atom is 0.276 e. The van der Waals surface area contributed by atoms with E-state index in [0.717, 1.165) is 0 Å². The third-order valence-electron chi connectivity index (χ3n) is 23.2. The molecule has 0 atom stereocenters. The highest BCUT2D eigenvalue weighted by atomic mass is 35.5. The molecule has 42 heteroatoms. The van der Waals surface area contributed by atoms with Crippen LogP contribution in [0.2, 0.25) is 30.1 Å². The lowest BCUT2D eigenvalue weighted by Gasteiger charge is -2.36. The summed E-state index contributed by atoms with van der Waals surface area (Å²) in [5, 5.41) is 28.2. The molecule has 3 aromatic carbocycles. The molecule has 3 amide bonds. The summed E-state index contributed by atoms with van der Waals surface area (Å²) < 4.78 is 137. The van der Waals surface area contributed by atoms with Gasteiger partial charge in [0.15, 0.2) is 52.4 Å². The van der Waals surface area contributed by atoms with Crippen molar-refractivity contribution >= 4 is 155 Å². The number of hydrogen-bond donors (Lipinski definition) is 3. The van der Waals surface area contributed by atoms with Gasteiger partial charge in [-0.3, -0.25) is 57.4 Å². The number of rotatable bonds is 15. The predicted octanol–water partition coefficient (Wildman–Crippen LogP) is 17.7. The van der Waals surface area contributed by atoms with Crippen LogP contribution in [0.1, 0.15) is 110 Å². The molecule has 9 aromatic heterocycles. The highest BCUT2D eigenvalue weighted by molar-refractivity contribution is 6.39. The number of anilines is 6. The van der Waals surface area contributed by atoms with Gasteiger partial charge in [0.25, 0.3) is 16.7 Å². The lowest BCUT2D eigenvalue weighted by molar-refractivity contribution is -0.127. The second-order valence-electron chi connectivity index (χ2n) is 32.2. The Morgan fingerprint density at radius 2 is 0.600 bits per heavy atom. The number of amides is 3. The van der Waals surface area contributed by atoms with Crippen LogP contribution < -0.4 is 48.6 Å². The van der Waals surface area contributed by atoms with Crippen molar-refractivity contribution < 1.29 is 53.9 Å². The first kappa shape index (κ1) is 98.7. The van der Waals surface area contributed by atoms with Gasteiger partial charge in [0.2, 0.25) is 17.7 Å². The zero-order chi connectivity index (χ0) is 98.7. The molecule has 3 aliphatic rings. The van der Waals surface area contributed by atoms with Crippen LogP contribution in [-0.4, -0.2) is 155 Å². The number of nitriles is 3. The molecule has 0 saturated carbocycles. The van der Waals surface area contributed by atoms with Crippen LogP contribution in [-0.2, 0) is 14.4 Å². The third kappa shape index (κ3) is 17.5. The Balaban J connectivity index is 0.000000171. The molecule has 27 nitrogen and oxygen atoms in total. The number of hydrogen-bond acceptors (Lipinski definition) is 21. The molecule has 0 bridgehead atoms. The van der Waals surface area contributed by atoms with Crippen molar-refractivity contribution in [2.45, 2.75) is 80.1 Å². The fourth-order valence-electron chi connectivity index (χ4n) is 16.5. The van der Waals surface area contributed by atoms with Gasteiger partial charge in [-0.2, -0.15) is 15.8 Å². The number of aryl methyl sites for hydroxylation is 3. The molecule has 15 rings (SSSR count). The Labute approximate surface area is 794 Å². The summed E-state index contributed by atoms with van der Waals surface area (Å²) in [7, 11) is 0. The summed E-state index contributed by atoms with van der Waals surface area (Å²) in [5.41, 5.74) is 11.7. The first-order valence-corrected chi connectivity index (χ1v) is 43.6. The first-order chi connectivity index (χ1) is 64.0. The van der Waals surface area contributed by atoms with Crippen LogP contribution in [0.25, 0.3) is 83.9 Å². The number of piperazine rings is 3. The average Bonchev–Trinajstić information content (AvgIpc) is 0.728. The maximum absolute atomic E-state index is 15.4. The van der Waals surface area contributed by atoms with E-state index in [9.17, 15) is 70.9 Å². The Morgan fingerprint density at radius 3 is 0.800 bits per heavy atom. The monoisotopic (exact) mass is 1970 g/mol. The summed E-state index contributed by atoms with van der Waals surface area (Å²) in [6, 6.07) is 15.2. The zero-order valence-electron chi connectivity index (χ0n) is 73.2. The Kier molecular flexibility index (Phi) is 28.8. The summed E-state index contributed by atoms with van der Waals surface area (Å²) >= 11 is 38.2. The lowest BCUT2D eigenvalue weighted by atomic mass is 10.0. The smallest absolute Gasteiger partial charge is 0.276 e. The Morgan fingerprint density at radius 1 is 0.378 bits per heavy atom. The summed E-state index contributed by atoms with van der Waals surface area (Å²) in [6.07, 6.45) is 8.36. The van der Waals surface area contributed by atoms with E-state index in [0.29, 0.717) is 50.8 Å². The minimum atomic E-state index is -1.67. The second kappa shape index (κ2) is 39.4. The van der Waals surface area contributed by atoms with Crippen molar-refractivity contribution in [3.63, 3.8) is 0 Å². The highest BCUT2D eigenvalue weighted by Gasteiger charge is 2.38. The van der Waals surface area contributed by atoms with E-state index in [1.54, 1.807) is 87.0 Å². The van der Waals surface area contributed by atoms with Crippen LogP contribution in [0.5, 0.6) is 0 Å². The Bertz CT molecular complexity index is 6650. The fraction of sp³-hybridized carbons (Fsp3) is 0.258. The summed E-state index contributed by atoms with van der Waals surface area (Å²) in [4.78, 5) is 117. The number of aromatic nitrogens is 9. The Hall–Kier alpha value is -13.8. The van der Waals surface area contributed by atoms with Gasteiger partial charge in [-0.1, -0.05) is 131 Å². The van der Waals surface area contributed by atoms with E-state index in [-0.39, 0.29) is 196 Å². The fourth-order valence-corrected chi connectivity index (χ4v) is 18.0. The number of nitrogen functional groups attached to an aromatic ring is 3. The quantitative estimate of drug-likeness (QED) is 0.0282. The number of carbonyl (C=O) groups is 3. The first-order valence-electron chi connectivity index (χ1n) is 41.3. The van der Waals surface area contributed by atoms with Crippen molar-refractivity contribution in [1.82, 2.24) is 58.3 Å². The molecular formula is C93H78Cl6F9N21O6. The molecule has 3 aliphatic heterocycles. The minimum Gasteiger partial charge on any atom is -0.394 e. The van der Waals surface area contributed by atoms with Gasteiger partial charge in [0, 0.05) is 113 Å². The zero-order valence-corrected chi connectivity index (χ0v) is 77.7. The molecule has 3 saturated heterocycles. The summed E-state index contributed by atoms with van der Waals surface area (Å²) in [6.45, 7) is 30.1. The van der Waals surface area contributed by atoms with Crippen molar-refractivity contribution in [3.05, 3.63) is 257 Å². The SMILES string of the molecule is C=CC(=O)N1CCN(c2c(C#N)c(=O)n(-c3c(C)ccnc3C(C)C)c3nc(-c4c(F)c(N)c(F)c(F)c4Cl)c(Cl)cc23)CC1.C=CC(=O)N1CCN(c2c(C#N)c(=O)n(-c3c(C)ccnc3C(C)C)c3nc(-c4c(F)c(N)c(F)c(F)c4Cl)c(Cl)cc23)CC1.C=CC(=O)N1CCN(c2c(C#N)c(=O)n(-c3c(C)ccnc3C(C)C)c3nc(-c4c(F)c(N)c(F)c(F)c4Cl)c(Cl)cc23)CC1. The highest BCUT2D eigenvalue weighted by Crippen LogP contribution is 2.48. The van der Waals surface area contributed by atoms with Crippen molar-refractivity contribution in [1.29, 1.82) is 15.8 Å². The van der Waals surface area contributed by atoms with Crippen molar-refractivity contribution in [2.24, 2.45) is 0 Å². The van der Waals surface area contributed by atoms with Gasteiger partial charge >= 0.3 is 0 Å². The molecule has 3 fully saturated rings. The summed E-state index contributed by atoms with van der Waals surface area (Å²) in [5.74, 6) is -15.3. The van der Waals surface area contributed by atoms with Crippen LogP contribution in [0.3, 0.4) is 0 Å². The largest absolute Gasteiger partial charge is 0.394 e. The number of halogens is 15. The molecule has 6 N–H and O–H groups in total. The van der Waals surface area contributed by atoms with E-state index < -0.39 is 135 Å². The molecule has 12 heterocycles. The van der Waals surface area contributed by atoms with E-state index in [1.807, 2.05) is 59.8 Å². The molecule has 135 heavy (non-hydrogen) atoms. The molecule has 0 unspecified atom stereocenters. The third-order valence-corrected chi connectivity index (χ3v) is 25.1. The van der Waals surface area contributed by atoms with Crippen molar-refractivity contribution in [3.8, 4) is 69.0 Å². The van der Waals surface area contributed by atoms with Crippen LogP contribution in [0.15, 0.2) is 107 Å². The topological polar surface area (TPSA) is 363 Å². The number of nitrogens with two attached hydrogens (primary N) is 3. The van der Waals surface area contributed by atoms with Gasteiger partial charge in [0.05, 0.1) is 115 Å². The van der Waals surface area contributed by atoms with Crippen LogP contribution in [0.4, 0.5) is 73.6 Å². The molecule has 12 aromatic rings. The van der Waals surface area contributed by atoms with Gasteiger partial charge in [-0.25, -0.2) is 54.5 Å². The predicted molar refractivity (Wildman–Crippen MR) is 502 cm³/mol. The number of nitrogens with zero attached hydrogens (tertiary/aromatic N) is 18. The maximum atomic E-state index is 15.4. The van der Waals surface area contributed by atoms with Gasteiger partial charge < -0.3 is 46.6 Å². The van der Waals surface area contributed by atoms with E-state index in [2.05, 4.69) is 49.6 Å². The van der Waals surface area contributed by atoms with E-state index >= 15 is 13.2 Å². The average molecular weight is 1970 g/mol. The van der Waals surface area contributed by atoms with Crippen LogP contribution >= 0.6 is 69.6 Å². The van der Waals surface area contributed by atoms with Crippen molar-refractivity contribution in [2.75, 3.05) is 110 Å². The number of carbonyl (C=O) groups excluding carboxylic acids is 3. The molecule has 0 spiro atoms. The number of fused-ring (bicyclic) bond motifs is 3. The number of pyridine rings is 9. The minimum absolute atomic E-state index is 0.0743. The normalized spacial score (nSPS) is 13.4. The molecule has 0 aliphatic carbocycles. The van der Waals surface area contributed by atoms with E-state index in [4.69, 9.17) is 86.8 Å². The van der Waals surface area contributed by atoms with Crippen LogP contribution in [0, 0.1) is 107 Å². The standard InChI is InChI=1S/3C31H26Cl2F3N7O2/c3*1-5-19(44)41-8-10-42(11-9-41)29-16-12-18(32)27(20-21(33)23(35)24(36)25(38)22(20)34)40-30(16)43(31(45)17(29)13-37)28-15(4)6-7-39-26(28)14(2)3/h3*5-7,12,14H,1,8-11,38H2,2-4H3. The van der Waals surface area contributed by atoms with Gasteiger partial charge in [0.1, 0.15) is 68.9 Å². The molecule has 696 valence electrons. The van der Waals surface area contributed by atoms with E-state index in [1.165, 1.54) is 50.1 Å².